The Bertz CT molecular complexity index is 1280. The van der Waals surface area contributed by atoms with E-state index in [0.29, 0.717) is 5.75 Å². The van der Waals surface area contributed by atoms with Crippen molar-refractivity contribution >= 4 is 44.9 Å². The number of esters is 1. The van der Waals surface area contributed by atoms with Crippen molar-refractivity contribution in [2.75, 3.05) is 23.8 Å². The van der Waals surface area contributed by atoms with Crippen molar-refractivity contribution in [2.24, 2.45) is 0 Å². The van der Waals surface area contributed by atoms with Crippen LogP contribution in [0.4, 0.5) is 15.8 Å². The smallest absolute Gasteiger partial charge is 0.340 e. The summed E-state index contributed by atoms with van der Waals surface area (Å²) in [5, 5.41) is 2.45. The van der Waals surface area contributed by atoms with E-state index in [9.17, 15) is 22.4 Å². The minimum atomic E-state index is -4.02. The number of sulfonamides is 1. The van der Waals surface area contributed by atoms with E-state index in [-0.39, 0.29) is 26.9 Å². The molecule has 0 radical (unpaired) electrons. The minimum absolute atomic E-state index is 0.0420. The third-order valence-electron chi connectivity index (χ3n) is 4.30. The van der Waals surface area contributed by atoms with Gasteiger partial charge in [0, 0.05) is 5.02 Å². The number of nitrogens with one attached hydrogen (secondary N) is 2. The highest BCUT2D eigenvalue weighted by molar-refractivity contribution is 7.92. The molecule has 0 saturated carbocycles. The van der Waals surface area contributed by atoms with Gasteiger partial charge in [0.1, 0.15) is 11.6 Å². The molecule has 33 heavy (non-hydrogen) atoms. The molecule has 0 aromatic heterocycles. The van der Waals surface area contributed by atoms with Crippen LogP contribution in [0.25, 0.3) is 0 Å². The summed E-state index contributed by atoms with van der Waals surface area (Å²) in [7, 11) is -2.57. The molecule has 0 saturated heterocycles. The van der Waals surface area contributed by atoms with Crippen LogP contribution in [-0.2, 0) is 19.6 Å². The average molecular weight is 493 g/mol. The molecule has 0 unspecified atom stereocenters. The van der Waals surface area contributed by atoms with Gasteiger partial charge in [-0.15, -0.1) is 0 Å². The molecule has 8 nitrogen and oxygen atoms in total. The number of carbonyl (C=O) groups is 2. The molecule has 2 N–H and O–H groups in total. The highest BCUT2D eigenvalue weighted by Crippen LogP contribution is 2.23. The molecule has 0 aliphatic heterocycles. The molecule has 0 aliphatic carbocycles. The number of halogens is 2. The van der Waals surface area contributed by atoms with E-state index in [1.54, 1.807) is 0 Å². The van der Waals surface area contributed by atoms with Gasteiger partial charge < -0.3 is 14.8 Å². The Morgan fingerprint density at radius 3 is 2.39 bits per heavy atom. The highest BCUT2D eigenvalue weighted by Gasteiger charge is 2.20. The molecule has 0 bridgehead atoms. The van der Waals surface area contributed by atoms with Crippen LogP contribution in [0.2, 0.25) is 5.02 Å². The van der Waals surface area contributed by atoms with Crippen LogP contribution in [0.3, 0.4) is 0 Å². The molecule has 0 heterocycles. The summed E-state index contributed by atoms with van der Waals surface area (Å²) in [6, 6.07) is 15.0. The first-order valence-corrected chi connectivity index (χ1v) is 11.2. The van der Waals surface area contributed by atoms with Crippen molar-refractivity contribution in [1.29, 1.82) is 0 Å². The number of hydrogen-bond acceptors (Lipinski definition) is 6. The zero-order chi connectivity index (χ0) is 24.0. The highest BCUT2D eigenvalue weighted by atomic mass is 35.5. The fourth-order valence-corrected chi connectivity index (χ4v) is 3.95. The van der Waals surface area contributed by atoms with Crippen molar-refractivity contribution in [3.05, 3.63) is 83.1 Å². The Morgan fingerprint density at radius 1 is 1.00 bits per heavy atom. The SMILES string of the molecule is COc1ccc(S(=O)(=O)Nc2ccccc2C(=O)OCC(=O)Nc2cc(Cl)ccc2F)cc1. The number of benzene rings is 3. The first kappa shape index (κ1) is 24.0. The van der Waals surface area contributed by atoms with Crippen LogP contribution < -0.4 is 14.8 Å². The molecule has 0 atom stereocenters. The van der Waals surface area contributed by atoms with Gasteiger partial charge in [0.15, 0.2) is 6.61 Å². The lowest BCUT2D eigenvalue weighted by molar-refractivity contribution is -0.119. The summed E-state index contributed by atoms with van der Waals surface area (Å²) in [6.45, 7) is -0.732. The minimum Gasteiger partial charge on any atom is -0.497 e. The summed E-state index contributed by atoms with van der Waals surface area (Å²) >= 11 is 5.77. The molecule has 3 aromatic rings. The van der Waals surface area contributed by atoms with E-state index in [2.05, 4.69) is 10.0 Å². The van der Waals surface area contributed by atoms with Gasteiger partial charge >= 0.3 is 5.97 Å². The lowest BCUT2D eigenvalue weighted by atomic mass is 10.2. The predicted octanol–water partition coefficient (Wildman–Crippen LogP) is 4.08. The molecule has 0 fully saturated rings. The quantitative estimate of drug-likeness (QED) is 0.458. The number of rotatable bonds is 8. The Morgan fingerprint density at radius 2 is 1.70 bits per heavy atom. The predicted molar refractivity (Wildman–Crippen MR) is 121 cm³/mol. The Labute approximate surface area is 194 Å². The monoisotopic (exact) mass is 492 g/mol. The van der Waals surface area contributed by atoms with E-state index >= 15 is 0 Å². The van der Waals surface area contributed by atoms with Crippen molar-refractivity contribution in [2.45, 2.75) is 4.90 Å². The van der Waals surface area contributed by atoms with Crippen molar-refractivity contribution in [3.8, 4) is 5.75 Å². The molecule has 3 rings (SSSR count). The number of ether oxygens (including phenoxy) is 2. The van der Waals surface area contributed by atoms with Gasteiger partial charge in [0.2, 0.25) is 0 Å². The Balaban J connectivity index is 1.69. The number of amides is 1. The number of para-hydroxylation sites is 1. The maximum Gasteiger partial charge on any atom is 0.340 e. The van der Waals surface area contributed by atoms with Crippen LogP contribution in [0.5, 0.6) is 5.75 Å². The van der Waals surface area contributed by atoms with Crippen molar-refractivity contribution in [3.63, 3.8) is 0 Å². The molecule has 0 aliphatic rings. The number of hydrogen-bond donors (Lipinski definition) is 2. The lowest BCUT2D eigenvalue weighted by Crippen LogP contribution is -2.22. The van der Waals surface area contributed by atoms with Crippen LogP contribution in [0.15, 0.2) is 71.6 Å². The number of anilines is 2. The zero-order valence-electron chi connectivity index (χ0n) is 17.2. The fourth-order valence-electron chi connectivity index (χ4n) is 2.70. The first-order chi connectivity index (χ1) is 15.7. The topological polar surface area (TPSA) is 111 Å². The molecular formula is C22H18ClFN2O6S. The standard InChI is InChI=1S/C22H18ClFN2O6S/c1-31-15-7-9-16(10-8-15)33(29,30)26-19-5-3-2-4-17(19)22(28)32-13-21(27)25-20-12-14(23)6-11-18(20)24/h2-12,26H,13H2,1H3,(H,25,27). The van der Waals surface area contributed by atoms with Gasteiger partial charge in [-0.1, -0.05) is 23.7 Å². The fraction of sp³-hybridized carbons (Fsp3) is 0.0909. The van der Waals surface area contributed by atoms with Crippen LogP contribution in [-0.4, -0.2) is 34.0 Å². The molecular weight excluding hydrogens is 475 g/mol. The largest absolute Gasteiger partial charge is 0.497 e. The summed E-state index contributed by atoms with van der Waals surface area (Å²) in [5.74, 6) is -1.99. The van der Waals surface area contributed by atoms with Crippen LogP contribution in [0.1, 0.15) is 10.4 Å². The van der Waals surface area contributed by atoms with E-state index in [1.165, 1.54) is 67.8 Å². The maximum atomic E-state index is 13.7. The van der Waals surface area contributed by atoms with E-state index in [0.717, 1.165) is 6.07 Å². The molecule has 11 heteroatoms. The summed E-state index contributed by atoms with van der Waals surface area (Å²) in [6.07, 6.45) is 0. The second-order valence-electron chi connectivity index (χ2n) is 6.58. The third-order valence-corrected chi connectivity index (χ3v) is 5.91. The van der Waals surface area contributed by atoms with Crippen molar-refractivity contribution in [1.82, 2.24) is 0 Å². The maximum absolute atomic E-state index is 13.7. The average Bonchev–Trinajstić information content (AvgIpc) is 2.80. The Hall–Kier alpha value is -3.63. The molecule has 3 aromatic carbocycles. The van der Waals surface area contributed by atoms with Gasteiger partial charge in [0.25, 0.3) is 15.9 Å². The normalized spacial score (nSPS) is 10.9. The summed E-state index contributed by atoms with van der Waals surface area (Å²) < 4.78 is 51.4. The Kier molecular flexibility index (Phi) is 7.52. The van der Waals surface area contributed by atoms with Gasteiger partial charge in [-0.3, -0.25) is 9.52 Å². The van der Waals surface area contributed by atoms with Gasteiger partial charge in [-0.2, -0.15) is 0 Å². The molecule has 0 spiro atoms. The van der Waals surface area contributed by atoms with E-state index < -0.39 is 34.3 Å². The zero-order valence-corrected chi connectivity index (χ0v) is 18.7. The number of methoxy groups -OCH3 is 1. The van der Waals surface area contributed by atoms with Crippen LogP contribution in [0, 0.1) is 5.82 Å². The van der Waals surface area contributed by atoms with Gasteiger partial charge in [-0.05, 0) is 54.6 Å². The summed E-state index contributed by atoms with van der Waals surface area (Å²) in [4.78, 5) is 24.5. The second-order valence-corrected chi connectivity index (χ2v) is 8.69. The van der Waals surface area contributed by atoms with E-state index in [1.807, 2.05) is 0 Å². The second kappa shape index (κ2) is 10.3. The molecule has 1 amide bonds. The molecule has 172 valence electrons. The van der Waals surface area contributed by atoms with E-state index in [4.69, 9.17) is 21.1 Å². The summed E-state index contributed by atoms with van der Waals surface area (Å²) in [5.41, 5.74) is -0.327. The van der Waals surface area contributed by atoms with Crippen molar-refractivity contribution < 1.29 is 31.9 Å². The number of carbonyl (C=O) groups excluding carboxylic acids is 2. The lowest BCUT2D eigenvalue weighted by Gasteiger charge is -2.13. The van der Waals surface area contributed by atoms with Gasteiger partial charge in [0.05, 0.1) is 28.9 Å². The third kappa shape index (κ3) is 6.21. The first-order valence-electron chi connectivity index (χ1n) is 9.37. The van der Waals surface area contributed by atoms with Crippen LogP contribution >= 0.6 is 11.6 Å². The van der Waals surface area contributed by atoms with Gasteiger partial charge in [-0.25, -0.2) is 17.6 Å².